The van der Waals surface area contributed by atoms with Crippen molar-refractivity contribution in [2.45, 2.75) is 0 Å². The molecule has 0 unspecified atom stereocenters. The third-order valence-electron chi connectivity index (χ3n) is 12.0. The largest absolute Gasteiger partial charge is 0.309 e. The van der Waals surface area contributed by atoms with Gasteiger partial charge in [-0.1, -0.05) is 121 Å². The number of hydrogen-bond donors (Lipinski definition) is 0. The van der Waals surface area contributed by atoms with E-state index in [1.165, 1.54) is 81.4 Å². The lowest BCUT2D eigenvalue weighted by atomic mass is 10.00. The molecule has 0 aliphatic heterocycles. The van der Waals surface area contributed by atoms with E-state index in [2.05, 4.69) is 167 Å². The van der Waals surface area contributed by atoms with Crippen molar-refractivity contribution >= 4 is 92.5 Å². The molecule has 0 spiro atoms. The highest BCUT2D eigenvalue weighted by Crippen LogP contribution is 2.47. The average molecular weight is 711 g/mol. The highest BCUT2D eigenvalue weighted by atomic mass is 15.0. The molecule has 56 heavy (non-hydrogen) atoms. The van der Waals surface area contributed by atoms with E-state index >= 15 is 0 Å². The normalized spacial score (nSPS) is 12.3. The van der Waals surface area contributed by atoms with Crippen LogP contribution >= 0.6 is 0 Å². The lowest BCUT2D eigenvalue weighted by molar-refractivity contribution is 1.18. The minimum Gasteiger partial charge on any atom is -0.309 e. The van der Waals surface area contributed by atoms with Crippen LogP contribution in [-0.4, -0.2) is 18.9 Å². The van der Waals surface area contributed by atoms with Crippen LogP contribution in [0.5, 0.6) is 0 Å². The van der Waals surface area contributed by atoms with Crippen molar-refractivity contribution in [2.75, 3.05) is 0 Å². The maximum Gasteiger partial charge on any atom is 0.0973 e. The number of para-hydroxylation sites is 4. The first-order valence-electron chi connectivity index (χ1n) is 19.2. The average Bonchev–Trinajstić information content (AvgIpc) is 3.89. The maximum atomic E-state index is 5.25. The van der Waals surface area contributed by atoms with E-state index in [-0.39, 0.29) is 0 Å². The molecule has 0 atom stereocenters. The summed E-state index contributed by atoms with van der Waals surface area (Å²) in [4.78, 5) is 10.5. The second-order valence-corrected chi connectivity index (χ2v) is 15.0. The summed E-state index contributed by atoms with van der Waals surface area (Å²) in [5.41, 5.74) is 12.9. The molecule has 0 N–H and O–H groups in total. The molecule has 13 rings (SSSR count). The molecule has 0 bridgehead atoms. The molecule has 0 fully saturated rings. The van der Waals surface area contributed by atoms with Crippen LogP contribution in [0, 0.1) is 0 Å². The van der Waals surface area contributed by atoms with Gasteiger partial charge >= 0.3 is 0 Å². The predicted molar refractivity (Wildman–Crippen MR) is 234 cm³/mol. The van der Waals surface area contributed by atoms with Crippen molar-refractivity contribution in [3.63, 3.8) is 0 Å². The van der Waals surface area contributed by atoms with Crippen LogP contribution in [0.3, 0.4) is 0 Å². The van der Waals surface area contributed by atoms with Gasteiger partial charge in [0, 0.05) is 49.1 Å². The minimum absolute atomic E-state index is 0.874. The second kappa shape index (κ2) is 11.0. The lowest BCUT2D eigenvalue weighted by Gasteiger charge is -2.13. The van der Waals surface area contributed by atoms with Crippen LogP contribution in [0.1, 0.15) is 0 Å². The van der Waals surface area contributed by atoms with E-state index in [4.69, 9.17) is 9.97 Å². The molecule has 4 heterocycles. The molecule has 4 aromatic heterocycles. The van der Waals surface area contributed by atoms with Crippen LogP contribution < -0.4 is 0 Å². The van der Waals surface area contributed by atoms with Crippen molar-refractivity contribution in [3.8, 4) is 28.2 Å². The Morgan fingerprint density at radius 2 is 0.929 bits per heavy atom. The zero-order chi connectivity index (χ0) is 36.5. The van der Waals surface area contributed by atoms with Crippen LogP contribution in [0.4, 0.5) is 0 Å². The molecule has 0 radical (unpaired) electrons. The quantitative estimate of drug-likeness (QED) is 0.183. The summed E-state index contributed by atoms with van der Waals surface area (Å²) >= 11 is 0. The topological polar surface area (TPSA) is 35.1 Å². The molecule has 0 saturated heterocycles. The van der Waals surface area contributed by atoms with Gasteiger partial charge in [0.15, 0.2) is 0 Å². The maximum absolute atomic E-state index is 5.25. The van der Waals surface area contributed by atoms with Crippen LogP contribution in [-0.2, 0) is 0 Å². The zero-order valence-corrected chi connectivity index (χ0v) is 30.1. The summed E-state index contributed by atoms with van der Waals surface area (Å²) in [6.45, 7) is 0. The number of nitrogens with zero attached hydrogens (tertiary/aromatic N) is 4. The number of fused-ring (bicyclic) bond motifs is 13. The van der Waals surface area contributed by atoms with Crippen molar-refractivity contribution < 1.29 is 0 Å². The van der Waals surface area contributed by atoms with E-state index in [1.807, 2.05) is 24.3 Å². The van der Waals surface area contributed by atoms with Gasteiger partial charge in [-0.3, -0.25) is 0 Å². The summed E-state index contributed by atoms with van der Waals surface area (Å²) in [6.07, 6.45) is 0. The van der Waals surface area contributed by atoms with Crippen LogP contribution in [0.25, 0.3) is 121 Å². The second-order valence-electron chi connectivity index (χ2n) is 15.0. The molecular weight excluding hydrogens is 681 g/mol. The van der Waals surface area contributed by atoms with Gasteiger partial charge in [0.05, 0.1) is 50.0 Å². The summed E-state index contributed by atoms with van der Waals surface area (Å²) in [5.74, 6) is 0. The van der Waals surface area contributed by atoms with E-state index in [0.29, 0.717) is 0 Å². The summed E-state index contributed by atoms with van der Waals surface area (Å²) in [5, 5.41) is 12.6. The third kappa shape index (κ3) is 4.02. The Labute approximate surface area is 320 Å². The summed E-state index contributed by atoms with van der Waals surface area (Å²) in [7, 11) is 0. The van der Waals surface area contributed by atoms with Crippen LogP contribution in [0.15, 0.2) is 182 Å². The molecule has 13 aromatic rings. The highest BCUT2D eigenvalue weighted by molar-refractivity contribution is 6.36. The first-order chi connectivity index (χ1) is 27.8. The number of benzene rings is 9. The Hall–Kier alpha value is -7.56. The monoisotopic (exact) mass is 710 g/mol. The van der Waals surface area contributed by atoms with Crippen molar-refractivity contribution in [1.29, 1.82) is 0 Å². The minimum atomic E-state index is 0.874. The number of aromatic nitrogens is 4. The highest BCUT2D eigenvalue weighted by Gasteiger charge is 2.24. The molecule has 0 amide bonds. The third-order valence-corrected chi connectivity index (χ3v) is 12.0. The van der Waals surface area contributed by atoms with E-state index in [1.54, 1.807) is 0 Å². The molecule has 258 valence electrons. The number of hydrogen-bond acceptors (Lipinski definition) is 2. The fourth-order valence-corrected chi connectivity index (χ4v) is 9.48. The molecule has 9 aromatic carbocycles. The zero-order valence-electron chi connectivity index (χ0n) is 30.1. The first-order valence-corrected chi connectivity index (χ1v) is 19.2. The Kier molecular flexibility index (Phi) is 5.86. The van der Waals surface area contributed by atoms with Gasteiger partial charge < -0.3 is 8.97 Å². The fraction of sp³-hybridized carbons (Fsp3) is 0. The van der Waals surface area contributed by atoms with E-state index in [0.717, 1.165) is 39.2 Å². The lowest BCUT2D eigenvalue weighted by Crippen LogP contribution is -1.97. The van der Waals surface area contributed by atoms with E-state index in [9.17, 15) is 0 Å². The van der Waals surface area contributed by atoms with Gasteiger partial charge in [-0.15, -0.1) is 0 Å². The summed E-state index contributed by atoms with van der Waals surface area (Å²) < 4.78 is 4.95. The van der Waals surface area contributed by atoms with Gasteiger partial charge in [-0.25, -0.2) is 9.97 Å². The molecule has 4 nitrogen and oxygen atoms in total. The Morgan fingerprint density at radius 1 is 0.339 bits per heavy atom. The molecule has 0 aliphatic carbocycles. The first kappa shape index (κ1) is 29.8. The van der Waals surface area contributed by atoms with Crippen molar-refractivity contribution in [1.82, 2.24) is 18.9 Å². The standard InChI is InChI=1S/C52H30N4/c1-2-12-33-27-36(22-21-31(33)11-1)51-50(53-42-17-7-8-18-43(42)54-51)32-23-25-37(26-24-32)55-45-20-10-6-16-39(45)48-47(55)30-40-38-15-5-9-19-44(38)56-46-29-35-14-4-3-13-34(35)28-41(46)49(48)52(40)56/h1-30H. The predicted octanol–water partition coefficient (Wildman–Crippen LogP) is 13.5. The summed E-state index contributed by atoms with van der Waals surface area (Å²) in [6, 6.07) is 65.8. The van der Waals surface area contributed by atoms with Gasteiger partial charge in [-0.05, 0) is 82.2 Å². The van der Waals surface area contributed by atoms with Gasteiger partial charge in [0.2, 0.25) is 0 Å². The van der Waals surface area contributed by atoms with Gasteiger partial charge in [0.1, 0.15) is 0 Å². The fourth-order valence-electron chi connectivity index (χ4n) is 9.48. The van der Waals surface area contributed by atoms with E-state index < -0.39 is 0 Å². The SMILES string of the molecule is c1ccc2cc(-c3nc4ccccc4nc3-c3ccc(-n4c5ccccc5c5c6c7cc8ccccc8cc7n7c8ccccc8c(cc54)c67)cc3)ccc2c1. The molecule has 4 heteroatoms. The molecule has 0 saturated carbocycles. The molecule has 0 aliphatic rings. The number of rotatable bonds is 3. The molecular formula is C52H30N4. The van der Waals surface area contributed by atoms with Crippen molar-refractivity contribution in [3.05, 3.63) is 182 Å². The van der Waals surface area contributed by atoms with Crippen molar-refractivity contribution in [2.24, 2.45) is 0 Å². The Balaban J connectivity index is 1.08. The van der Waals surface area contributed by atoms with Crippen LogP contribution in [0.2, 0.25) is 0 Å². The smallest absolute Gasteiger partial charge is 0.0973 e. The Bertz CT molecular complexity index is 3760. The van der Waals surface area contributed by atoms with Gasteiger partial charge in [0.25, 0.3) is 0 Å². The Morgan fingerprint density at radius 3 is 1.70 bits per heavy atom. The van der Waals surface area contributed by atoms with Gasteiger partial charge in [-0.2, -0.15) is 0 Å².